The Kier molecular flexibility index (Phi) is 3.84. The molecule has 17 heavy (non-hydrogen) atoms. The second-order valence-corrected chi connectivity index (χ2v) is 5.42. The molecular formula is C13H23N3O. The fourth-order valence-electron chi connectivity index (χ4n) is 2.56. The van der Waals surface area contributed by atoms with Crippen LogP contribution in [0.5, 0.6) is 0 Å². The molecular weight excluding hydrogens is 214 g/mol. The maximum Gasteiger partial charge on any atom is 0.0613 e. The number of aliphatic hydroxyl groups excluding tert-OH is 1. The molecule has 1 heterocycles. The summed E-state index contributed by atoms with van der Waals surface area (Å²) >= 11 is 0. The van der Waals surface area contributed by atoms with Gasteiger partial charge in [-0.2, -0.15) is 5.10 Å². The van der Waals surface area contributed by atoms with Crippen LogP contribution in [0.15, 0.2) is 12.3 Å². The Hall–Kier alpha value is -0.870. The van der Waals surface area contributed by atoms with E-state index in [4.69, 9.17) is 0 Å². The van der Waals surface area contributed by atoms with Crippen molar-refractivity contribution in [3.63, 3.8) is 0 Å². The number of nitrogens with one attached hydrogen (secondary N) is 1. The Labute approximate surface area is 103 Å². The molecule has 4 heteroatoms. The van der Waals surface area contributed by atoms with Crippen LogP contribution in [0.3, 0.4) is 0 Å². The van der Waals surface area contributed by atoms with Crippen LogP contribution in [0.4, 0.5) is 0 Å². The van der Waals surface area contributed by atoms with Gasteiger partial charge < -0.3 is 10.4 Å². The molecule has 0 aliphatic heterocycles. The lowest BCUT2D eigenvalue weighted by molar-refractivity contribution is 0.103. The van der Waals surface area contributed by atoms with E-state index in [0.29, 0.717) is 0 Å². The standard InChI is InChI=1S/C13H23N3O/c1-11-3-6-13(10-17,7-4-11)14-9-12-5-8-15-16(12)2/h5,8,11,14,17H,3-4,6-7,9-10H2,1-2H3. The van der Waals surface area contributed by atoms with Gasteiger partial charge in [0, 0.05) is 25.3 Å². The highest BCUT2D eigenvalue weighted by Gasteiger charge is 2.33. The number of nitrogens with zero attached hydrogens (tertiary/aromatic N) is 2. The van der Waals surface area contributed by atoms with Crippen LogP contribution in [0.1, 0.15) is 38.3 Å². The highest BCUT2D eigenvalue weighted by molar-refractivity contribution is 5.02. The topological polar surface area (TPSA) is 50.1 Å². The zero-order valence-electron chi connectivity index (χ0n) is 10.8. The summed E-state index contributed by atoms with van der Waals surface area (Å²) in [5.74, 6) is 0.799. The Balaban J connectivity index is 1.94. The molecule has 1 aromatic heterocycles. The monoisotopic (exact) mass is 237 g/mol. The molecule has 0 unspecified atom stereocenters. The third-order valence-electron chi connectivity index (χ3n) is 4.10. The smallest absolute Gasteiger partial charge is 0.0613 e. The second-order valence-electron chi connectivity index (χ2n) is 5.42. The molecule has 1 aliphatic rings. The number of hydrogen-bond donors (Lipinski definition) is 2. The maximum absolute atomic E-state index is 9.64. The minimum atomic E-state index is -0.0726. The average molecular weight is 237 g/mol. The molecule has 1 aromatic rings. The fourth-order valence-corrected chi connectivity index (χ4v) is 2.56. The molecule has 1 fully saturated rings. The number of aromatic nitrogens is 2. The van der Waals surface area contributed by atoms with Crippen LogP contribution < -0.4 is 5.32 Å². The van der Waals surface area contributed by atoms with E-state index in [1.807, 2.05) is 24.0 Å². The number of aliphatic hydroxyl groups is 1. The van der Waals surface area contributed by atoms with Crippen molar-refractivity contribution >= 4 is 0 Å². The molecule has 0 radical (unpaired) electrons. The van der Waals surface area contributed by atoms with Crippen molar-refractivity contribution in [3.8, 4) is 0 Å². The van der Waals surface area contributed by atoms with Crippen molar-refractivity contribution in [2.45, 2.75) is 44.7 Å². The predicted octanol–water partition coefficient (Wildman–Crippen LogP) is 1.45. The van der Waals surface area contributed by atoms with Crippen molar-refractivity contribution < 1.29 is 5.11 Å². The van der Waals surface area contributed by atoms with Crippen LogP contribution >= 0.6 is 0 Å². The number of aryl methyl sites for hydroxylation is 1. The summed E-state index contributed by atoms with van der Waals surface area (Å²) in [4.78, 5) is 0. The Bertz CT molecular complexity index is 353. The van der Waals surface area contributed by atoms with Gasteiger partial charge in [0.1, 0.15) is 0 Å². The van der Waals surface area contributed by atoms with E-state index in [-0.39, 0.29) is 12.1 Å². The summed E-state index contributed by atoms with van der Waals surface area (Å²) in [6.07, 6.45) is 6.37. The first kappa shape index (κ1) is 12.6. The van der Waals surface area contributed by atoms with E-state index in [2.05, 4.69) is 17.3 Å². The first-order chi connectivity index (χ1) is 8.15. The molecule has 2 rings (SSSR count). The Morgan fingerprint density at radius 1 is 1.53 bits per heavy atom. The Morgan fingerprint density at radius 3 is 2.76 bits per heavy atom. The molecule has 0 aromatic carbocycles. The molecule has 2 N–H and O–H groups in total. The first-order valence-corrected chi connectivity index (χ1v) is 6.48. The lowest BCUT2D eigenvalue weighted by atomic mass is 9.77. The van der Waals surface area contributed by atoms with Crippen molar-refractivity contribution in [1.29, 1.82) is 0 Å². The van der Waals surface area contributed by atoms with Crippen molar-refractivity contribution in [1.82, 2.24) is 15.1 Å². The van der Waals surface area contributed by atoms with Crippen LogP contribution in [-0.2, 0) is 13.6 Å². The van der Waals surface area contributed by atoms with E-state index >= 15 is 0 Å². The van der Waals surface area contributed by atoms with Gasteiger partial charge in [-0.25, -0.2) is 0 Å². The molecule has 1 saturated carbocycles. The number of hydrogen-bond acceptors (Lipinski definition) is 3. The van der Waals surface area contributed by atoms with E-state index in [9.17, 15) is 5.11 Å². The predicted molar refractivity (Wildman–Crippen MR) is 67.5 cm³/mol. The van der Waals surface area contributed by atoms with Gasteiger partial charge in [0.25, 0.3) is 0 Å². The fraction of sp³-hybridized carbons (Fsp3) is 0.769. The molecule has 4 nitrogen and oxygen atoms in total. The van der Waals surface area contributed by atoms with Gasteiger partial charge in [-0.1, -0.05) is 6.92 Å². The van der Waals surface area contributed by atoms with Crippen LogP contribution in [0.2, 0.25) is 0 Å². The van der Waals surface area contributed by atoms with Gasteiger partial charge in [-0.3, -0.25) is 4.68 Å². The van der Waals surface area contributed by atoms with E-state index in [1.165, 1.54) is 12.8 Å². The zero-order chi connectivity index (χ0) is 12.3. The largest absolute Gasteiger partial charge is 0.394 e. The number of rotatable bonds is 4. The molecule has 0 amide bonds. The normalized spacial score (nSPS) is 29.5. The summed E-state index contributed by atoms with van der Waals surface area (Å²) in [7, 11) is 1.95. The quantitative estimate of drug-likeness (QED) is 0.833. The van der Waals surface area contributed by atoms with Gasteiger partial charge in [0.15, 0.2) is 0 Å². The van der Waals surface area contributed by atoms with Crippen molar-refractivity contribution in [2.24, 2.45) is 13.0 Å². The molecule has 1 aliphatic carbocycles. The second kappa shape index (κ2) is 5.19. The summed E-state index contributed by atoms with van der Waals surface area (Å²) in [6.45, 7) is 3.31. The van der Waals surface area contributed by atoms with Crippen molar-refractivity contribution in [2.75, 3.05) is 6.61 Å². The molecule has 0 spiro atoms. The molecule has 0 atom stereocenters. The maximum atomic E-state index is 9.64. The van der Waals surface area contributed by atoms with E-state index in [0.717, 1.165) is 31.0 Å². The molecule has 0 saturated heterocycles. The van der Waals surface area contributed by atoms with E-state index in [1.54, 1.807) is 0 Å². The third kappa shape index (κ3) is 2.87. The highest BCUT2D eigenvalue weighted by atomic mass is 16.3. The van der Waals surface area contributed by atoms with Crippen LogP contribution in [-0.4, -0.2) is 27.0 Å². The van der Waals surface area contributed by atoms with Gasteiger partial charge in [0.05, 0.1) is 12.3 Å². The first-order valence-electron chi connectivity index (χ1n) is 6.48. The molecule has 0 bridgehead atoms. The SMILES string of the molecule is CC1CCC(CO)(NCc2ccnn2C)CC1. The van der Waals surface area contributed by atoms with Gasteiger partial charge >= 0.3 is 0 Å². The van der Waals surface area contributed by atoms with Crippen LogP contribution in [0.25, 0.3) is 0 Å². The third-order valence-corrected chi connectivity index (χ3v) is 4.10. The van der Waals surface area contributed by atoms with E-state index < -0.39 is 0 Å². The van der Waals surface area contributed by atoms with Gasteiger partial charge in [0.2, 0.25) is 0 Å². The lowest BCUT2D eigenvalue weighted by Crippen LogP contribution is -2.50. The van der Waals surface area contributed by atoms with Crippen molar-refractivity contribution in [3.05, 3.63) is 18.0 Å². The Morgan fingerprint density at radius 2 is 2.24 bits per heavy atom. The van der Waals surface area contributed by atoms with Gasteiger partial charge in [-0.05, 0) is 37.7 Å². The summed E-state index contributed by atoms with van der Waals surface area (Å²) in [5.41, 5.74) is 1.09. The summed E-state index contributed by atoms with van der Waals surface area (Å²) in [5, 5.41) is 17.3. The molecule has 96 valence electrons. The minimum absolute atomic E-state index is 0.0726. The zero-order valence-corrected chi connectivity index (χ0v) is 10.8. The summed E-state index contributed by atoms with van der Waals surface area (Å²) < 4.78 is 1.88. The average Bonchev–Trinajstić information content (AvgIpc) is 2.75. The highest BCUT2D eigenvalue weighted by Crippen LogP contribution is 2.31. The summed E-state index contributed by atoms with van der Waals surface area (Å²) in [6, 6.07) is 2.02. The van der Waals surface area contributed by atoms with Crippen LogP contribution in [0, 0.1) is 5.92 Å². The van der Waals surface area contributed by atoms with Gasteiger partial charge in [-0.15, -0.1) is 0 Å². The minimum Gasteiger partial charge on any atom is -0.394 e. The lowest BCUT2D eigenvalue weighted by Gasteiger charge is -2.39.